The Kier molecular flexibility index (Phi) is 3.71. The van der Waals surface area contributed by atoms with E-state index in [9.17, 15) is 4.79 Å². The van der Waals surface area contributed by atoms with Crippen molar-refractivity contribution in [1.29, 1.82) is 0 Å². The van der Waals surface area contributed by atoms with E-state index in [2.05, 4.69) is 11.1 Å². The van der Waals surface area contributed by atoms with Crippen molar-refractivity contribution in [3.63, 3.8) is 0 Å². The summed E-state index contributed by atoms with van der Waals surface area (Å²) < 4.78 is 0. The second-order valence-corrected chi connectivity index (χ2v) is 3.39. The summed E-state index contributed by atoms with van der Waals surface area (Å²) in [4.78, 5) is 15.9. The van der Waals surface area contributed by atoms with Crippen LogP contribution >= 0.6 is 0 Å². The number of carbonyl (C=O) groups is 1. The Morgan fingerprint density at radius 3 is 2.92 bits per heavy atom. The summed E-state index contributed by atoms with van der Waals surface area (Å²) >= 11 is 0. The van der Waals surface area contributed by atoms with Gasteiger partial charge in [-0.05, 0) is 26.1 Å². The zero-order valence-corrected chi connectivity index (χ0v) is 8.21. The molecule has 1 heterocycles. The van der Waals surface area contributed by atoms with Gasteiger partial charge in [-0.2, -0.15) is 0 Å². The van der Waals surface area contributed by atoms with Crippen LogP contribution in [0, 0.1) is 0 Å². The number of Topliss-reactive ketones (excluding diaryl/α,β-unsaturated/α-hetero) is 1. The van der Waals surface area contributed by atoms with Gasteiger partial charge in [0.05, 0.1) is 6.54 Å². The Hall–Kier alpha value is -1.09. The average molecular weight is 180 g/mol. The smallest absolute Gasteiger partial charge is 0.143 e. The molecule has 1 N–H and O–H groups in total. The monoisotopic (exact) mass is 180 g/mol. The summed E-state index contributed by atoms with van der Waals surface area (Å²) in [5.41, 5.74) is 1.22. The maximum atomic E-state index is 10.8. The molecular weight excluding hydrogens is 164 g/mol. The molecule has 0 bridgehead atoms. The lowest BCUT2D eigenvalue weighted by atomic mass is 10.3. The van der Waals surface area contributed by atoms with Crippen molar-refractivity contribution in [2.75, 3.05) is 20.1 Å². The first-order chi connectivity index (χ1) is 6.18. The highest BCUT2D eigenvalue weighted by Crippen LogP contribution is 1.96. The summed E-state index contributed by atoms with van der Waals surface area (Å²) in [5.74, 6) is 0.217. The molecule has 13 heavy (non-hydrogen) atoms. The van der Waals surface area contributed by atoms with Crippen LogP contribution in [0.5, 0.6) is 0 Å². The van der Waals surface area contributed by atoms with Gasteiger partial charge >= 0.3 is 0 Å². The molecular formula is C10H16N2O. The molecule has 0 saturated heterocycles. The van der Waals surface area contributed by atoms with Crippen molar-refractivity contribution in [2.45, 2.75) is 13.3 Å². The van der Waals surface area contributed by atoms with Crippen LogP contribution in [0.15, 0.2) is 18.3 Å². The van der Waals surface area contributed by atoms with Crippen molar-refractivity contribution in [1.82, 2.24) is 9.88 Å². The fourth-order valence-electron chi connectivity index (χ4n) is 1.29. The van der Waals surface area contributed by atoms with Crippen LogP contribution in [0.3, 0.4) is 0 Å². The van der Waals surface area contributed by atoms with E-state index in [1.54, 1.807) is 6.92 Å². The number of likely N-dealkylation sites (N-methyl/N-ethyl adjacent to an activating group) is 1. The SMILES string of the molecule is CC(=O)CN(C)CCc1ccc[nH]1. The standard InChI is InChI=1S/C10H16N2O/c1-9(13)8-12(2)7-5-10-4-3-6-11-10/h3-4,6,11H,5,7-8H2,1-2H3. The van der Waals surface area contributed by atoms with E-state index in [1.165, 1.54) is 5.69 Å². The number of nitrogens with one attached hydrogen (secondary N) is 1. The molecule has 0 fully saturated rings. The fraction of sp³-hybridized carbons (Fsp3) is 0.500. The molecule has 1 aromatic rings. The van der Waals surface area contributed by atoms with Crippen LogP contribution in [0.2, 0.25) is 0 Å². The van der Waals surface area contributed by atoms with Gasteiger partial charge in [0, 0.05) is 24.9 Å². The van der Waals surface area contributed by atoms with E-state index in [0.717, 1.165) is 13.0 Å². The van der Waals surface area contributed by atoms with Crippen LogP contribution in [-0.4, -0.2) is 35.8 Å². The molecule has 0 aliphatic carbocycles. The zero-order chi connectivity index (χ0) is 9.68. The van der Waals surface area contributed by atoms with Gasteiger partial charge in [0.25, 0.3) is 0 Å². The quantitative estimate of drug-likeness (QED) is 0.736. The van der Waals surface area contributed by atoms with Crippen molar-refractivity contribution in [3.05, 3.63) is 24.0 Å². The number of nitrogens with zero attached hydrogens (tertiary/aromatic N) is 1. The van der Waals surface area contributed by atoms with Gasteiger partial charge in [-0.25, -0.2) is 0 Å². The van der Waals surface area contributed by atoms with E-state index in [-0.39, 0.29) is 5.78 Å². The first-order valence-electron chi connectivity index (χ1n) is 4.48. The topological polar surface area (TPSA) is 36.1 Å². The minimum Gasteiger partial charge on any atom is -0.365 e. The third-order valence-electron chi connectivity index (χ3n) is 1.92. The molecule has 1 rings (SSSR count). The number of aromatic amines is 1. The van der Waals surface area contributed by atoms with Crippen molar-refractivity contribution in [3.8, 4) is 0 Å². The molecule has 3 heteroatoms. The van der Waals surface area contributed by atoms with Crippen LogP contribution in [0.4, 0.5) is 0 Å². The Bertz CT molecular complexity index is 254. The van der Waals surface area contributed by atoms with Gasteiger partial charge in [0.15, 0.2) is 0 Å². The van der Waals surface area contributed by atoms with E-state index in [4.69, 9.17) is 0 Å². The molecule has 0 radical (unpaired) electrons. The first-order valence-corrected chi connectivity index (χ1v) is 4.48. The Morgan fingerprint density at radius 2 is 2.38 bits per heavy atom. The van der Waals surface area contributed by atoms with Crippen LogP contribution in [0.1, 0.15) is 12.6 Å². The van der Waals surface area contributed by atoms with Gasteiger partial charge < -0.3 is 4.98 Å². The van der Waals surface area contributed by atoms with Crippen LogP contribution in [-0.2, 0) is 11.2 Å². The molecule has 0 amide bonds. The van der Waals surface area contributed by atoms with E-state index < -0.39 is 0 Å². The largest absolute Gasteiger partial charge is 0.365 e. The summed E-state index contributed by atoms with van der Waals surface area (Å²) in [6.07, 6.45) is 2.89. The van der Waals surface area contributed by atoms with Crippen LogP contribution in [0.25, 0.3) is 0 Å². The third-order valence-corrected chi connectivity index (χ3v) is 1.92. The Labute approximate surface area is 78.8 Å². The summed E-state index contributed by atoms with van der Waals surface area (Å²) in [6, 6.07) is 4.04. The number of H-pyrrole nitrogens is 1. The summed E-state index contributed by atoms with van der Waals surface area (Å²) in [6.45, 7) is 3.08. The number of aromatic nitrogens is 1. The van der Waals surface area contributed by atoms with Gasteiger partial charge in [0.2, 0.25) is 0 Å². The molecule has 0 atom stereocenters. The van der Waals surface area contributed by atoms with Gasteiger partial charge in [0.1, 0.15) is 5.78 Å². The number of hydrogen-bond acceptors (Lipinski definition) is 2. The van der Waals surface area contributed by atoms with E-state index in [1.807, 2.05) is 24.2 Å². The van der Waals surface area contributed by atoms with E-state index in [0.29, 0.717) is 6.54 Å². The maximum Gasteiger partial charge on any atom is 0.143 e. The lowest BCUT2D eigenvalue weighted by Crippen LogP contribution is -2.26. The molecule has 3 nitrogen and oxygen atoms in total. The maximum absolute atomic E-state index is 10.8. The highest BCUT2D eigenvalue weighted by molar-refractivity contribution is 5.77. The van der Waals surface area contributed by atoms with Crippen molar-refractivity contribution < 1.29 is 4.79 Å². The minimum absolute atomic E-state index is 0.217. The molecule has 0 aromatic carbocycles. The van der Waals surface area contributed by atoms with Gasteiger partial charge in [-0.1, -0.05) is 0 Å². The minimum atomic E-state index is 0.217. The zero-order valence-electron chi connectivity index (χ0n) is 8.21. The number of hydrogen-bond donors (Lipinski definition) is 1. The van der Waals surface area contributed by atoms with E-state index >= 15 is 0 Å². The molecule has 0 saturated carbocycles. The molecule has 72 valence electrons. The lowest BCUT2D eigenvalue weighted by Gasteiger charge is -2.13. The molecule has 0 aliphatic rings. The second kappa shape index (κ2) is 4.82. The summed E-state index contributed by atoms with van der Waals surface area (Å²) in [7, 11) is 1.96. The number of ketones is 1. The molecule has 0 spiro atoms. The van der Waals surface area contributed by atoms with Gasteiger partial charge in [-0.3, -0.25) is 9.69 Å². The number of carbonyl (C=O) groups excluding carboxylic acids is 1. The van der Waals surface area contributed by atoms with Crippen molar-refractivity contribution in [2.24, 2.45) is 0 Å². The average Bonchev–Trinajstić information content (AvgIpc) is 2.51. The Morgan fingerprint density at radius 1 is 1.62 bits per heavy atom. The first kappa shape index (κ1) is 9.99. The van der Waals surface area contributed by atoms with Crippen LogP contribution < -0.4 is 0 Å². The highest BCUT2D eigenvalue weighted by Gasteiger charge is 2.01. The predicted octanol–water partition coefficient (Wildman–Crippen LogP) is 1.08. The normalized spacial score (nSPS) is 10.7. The number of rotatable bonds is 5. The fourth-order valence-corrected chi connectivity index (χ4v) is 1.29. The van der Waals surface area contributed by atoms with Crippen molar-refractivity contribution >= 4 is 5.78 Å². The predicted molar refractivity (Wildman–Crippen MR) is 52.7 cm³/mol. The molecule has 0 aliphatic heterocycles. The molecule has 0 unspecified atom stereocenters. The van der Waals surface area contributed by atoms with Gasteiger partial charge in [-0.15, -0.1) is 0 Å². The summed E-state index contributed by atoms with van der Waals surface area (Å²) in [5, 5.41) is 0. The lowest BCUT2D eigenvalue weighted by molar-refractivity contribution is -0.117. The Balaban J connectivity index is 2.22. The molecule has 1 aromatic heterocycles. The second-order valence-electron chi connectivity index (χ2n) is 3.39. The third kappa shape index (κ3) is 3.90. The highest BCUT2D eigenvalue weighted by atomic mass is 16.1.